The van der Waals surface area contributed by atoms with Gasteiger partial charge in [-0.2, -0.15) is 0 Å². The highest BCUT2D eigenvalue weighted by molar-refractivity contribution is 7.92. The highest BCUT2D eigenvalue weighted by Gasteiger charge is 2.27. The summed E-state index contributed by atoms with van der Waals surface area (Å²) >= 11 is 0. The fourth-order valence-corrected chi connectivity index (χ4v) is 4.14. The van der Waals surface area contributed by atoms with Crippen molar-refractivity contribution in [1.29, 1.82) is 0 Å². The predicted molar refractivity (Wildman–Crippen MR) is 106 cm³/mol. The van der Waals surface area contributed by atoms with Crippen LogP contribution in [-0.2, 0) is 16.4 Å². The molecule has 2 aromatic carbocycles. The molecule has 27 heavy (non-hydrogen) atoms. The average molecular weight is 388 g/mol. The first-order valence-corrected chi connectivity index (χ1v) is 10.7. The molecule has 0 fully saturated rings. The molecular weight excluding hydrogens is 364 g/mol. The number of hydrogen-bond acceptors (Lipinski definition) is 4. The zero-order valence-corrected chi connectivity index (χ0v) is 16.6. The Morgan fingerprint density at radius 2 is 1.96 bits per heavy atom. The Bertz CT molecular complexity index is 956. The number of rotatable bonds is 6. The molecule has 0 aliphatic carbocycles. The summed E-state index contributed by atoms with van der Waals surface area (Å²) in [5, 5.41) is 0. The lowest BCUT2D eigenvalue weighted by atomic mass is 10.1. The maximum atomic E-state index is 12.7. The van der Waals surface area contributed by atoms with Crippen LogP contribution in [0.5, 0.6) is 5.75 Å². The lowest BCUT2D eigenvalue weighted by Crippen LogP contribution is -2.31. The molecule has 0 bridgehead atoms. The van der Waals surface area contributed by atoms with Gasteiger partial charge in [-0.1, -0.05) is 18.2 Å². The Kier molecular flexibility index (Phi) is 5.41. The van der Waals surface area contributed by atoms with Crippen molar-refractivity contribution >= 4 is 21.6 Å². The molecule has 0 spiro atoms. The summed E-state index contributed by atoms with van der Waals surface area (Å²) in [5.41, 5.74) is 3.17. The summed E-state index contributed by atoms with van der Waals surface area (Å²) < 4.78 is 30.8. The maximum absolute atomic E-state index is 12.7. The number of hydrogen-bond donors (Lipinski definition) is 0. The van der Waals surface area contributed by atoms with E-state index in [1.807, 2.05) is 31.2 Å². The van der Waals surface area contributed by atoms with Gasteiger partial charge in [-0.15, -0.1) is 0 Å². The molecule has 2 aromatic rings. The molecule has 6 nitrogen and oxygen atoms in total. The Labute approximate surface area is 160 Å². The van der Waals surface area contributed by atoms with Gasteiger partial charge in [-0.25, -0.2) is 8.42 Å². The molecule has 0 N–H and O–H groups in total. The number of amides is 1. The van der Waals surface area contributed by atoms with Gasteiger partial charge in [0, 0.05) is 19.2 Å². The minimum absolute atomic E-state index is 0.107. The summed E-state index contributed by atoms with van der Waals surface area (Å²) in [5.74, 6) is 0.709. The largest absolute Gasteiger partial charge is 0.491 e. The van der Waals surface area contributed by atoms with Crippen molar-refractivity contribution in [3.05, 3.63) is 59.2 Å². The minimum atomic E-state index is -3.29. The van der Waals surface area contributed by atoms with E-state index in [1.54, 1.807) is 30.1 Å². The zero-order valence-electron chi connectivity index (χ0n) is 15.8. The second-order valence-corrected chi connectivity index (χ2v) is 8.68. The number of benzene rings is 2. The number of carbonyl (C=O) groups is 1. The van der Waals surface area contributed by atoms with Crippen LogP contribution in [0.25, 0.3) is 0 Å². The SMILES string of the molecule is Cc1ccccc1OCCN(C)C(=O)c1ccc2c(c1)CCN2S(C)(=O)=O. The lowest BCUT2D eigenvalue weighted by molar-refractivity contribution is 0.0773. The van der Waals surface area contributed by atoms with Gasteiger partial charge < -0.3 is 9.64 Å². The van der Waals surface area contributed by atoms with Crippen molar-refractivity contribution in [3.63, 3.8) is 0 Å². The Morgan fingerprint density at radius 1 is 1.22 bits per heavy atom. The van der Waals surface area contributed by atoms with Gasteiger partial charge in [-0.3, -0.25) is 9.10 Å². The molecule has 0 atom stereocenters. The molecular formula is C20H24N2O4S. The van der Waals surface area contributed by atoms with Gasteiger partial charge in [0.25, 0.3) is 5.91 Å². The van der Waals surface area contributed by atoms with Crippen LogP contribution in [0.2, 0.25) is 0 Å². The first-order chi connectivity index (χ1) is 12.8. The number of sulfonamides is 1. The molecule has 1 heterocycles. The fraction of sp³-hybridized carbons (Fsp3) is 0.350. The number of carbonyl (C=O) groups excluding carboxylic acids is 1. The monoisotopic (exact) mass is 388 g/mol. The third-order valence-corrected chi connectivity index (χ3v) is 5.88. The highest BCUT2D eigenvalue weighted by atomic mass is 32.2. The molecule has 3 rings (SSSR count). The molecule has 0 radical (unpaired) electrons. The molecule has 1 amide bonds. The third-order valence-electron chi connectivity index (χ3n) is 4.70. The number of aryl methyl sites for hydroxylation is 1. The van der Waals surface area contributed by atoms with Crippen LogP contribution >= 0.6 is 0 Å². The highest BCUT2D eigenvalue weighted by Crippen LogP contribution is 2.31. The molecule has 1 aliphatic rings. The van der Waals surface area contributed by atoms with Gasteiger partial charge in [0.15, 0.2) is 0 Å². The zero-order chi connectivity index (χ0) is 19.6. The van der Waals surface area contributed by atoms with Crippen LogP contribution in [0, 0.1) is 6.92 Å². The van der Waals surface area contributed by atoms with E-state index in [1.165, 1.54) is 10.6 Å². The van der Waals surface area contributed by atoms with E-state index >= 15 is 0 Å². The van der Waals surface area contributed by atoms with E-state index in [-0.39, 0.29) is 5.91 Å². The van der Waals surface area contributed by atoms with Crippen LogP contribution in [0.15, 0.2) is 42.5 Å². The Hall–Kier alpha value is -2.54. The first-order valence-electron chi connectivity index (χ1n) is 8.82. The molecule has 0 aromatic heterocycles. The maximum Gasteiger partial charge on any atom is 0.253 e. The number of para-hydroxylation sites is 1. The van der Waals surface area contributed by atoms with Crippen molar-refractivity contribution in [2.75, 3.05) is 37.3 Å². The quantitative estimate of drug-likeness (QED) is 0.762. The molecule has 0 unspecified atom stereocenters. The molecule has 0 saturated heterocycles. The number of likely N-dealkylation sites (N-methyl/N-ethyl adjacent to an activating group) is 1. The van der Waals surface area contributed by atoms with Crippen molar-refractivity contribution in [3.8, 4) is 5.75 Å². The minimum Gasteiger partial charge on any atom is -0.491 e. The number of fused-ring (bicyclic) bond motifs is 1. The topological polar surface area (TPSA) is 66.9 Å². The van der Waals surface area contributed by atoms with E-state index in [0.29, 0.717) is 37.4 Å². The van der Waals surface area contributed by atoms with Crippen molar-refractivity contribution < 1.29 is 17.9 Å². The summed E-state index contributed by atoms with van der Waals surface area (Å²) in [6.07, 6.45) is 1.81. The Morgan fingerprint density at radius 3 is 2.67 bits per heavy atom. The van der Waals surface area contributed by atoms with Crippen molar-refractivity contribution in [2.24, 2.45) is 0 Å². The summed E-state index contributed by atoms with van der Waals surface area (Å²) in [7, 11) is -1.55. The van der Waals surface area contributed by atoms with Gasteiger partial charge in [0.1, 0.15) is 12.4 Å². The molecule has 0 saturated carbocycles. The average Bonchev–Trinajstić information content (AvgIpc) is 3.06. The summed E-state index contributed by atoms with van der Waals surface area (Å²) in [4.78, 5) is 14.3. The number of ether oxygens (including phenoxy) is 1. The van der Waals surface area contributed by atoms with Crippen LogP contribution < -0.4 is 9.04 Å². The van der Waals surface area contributed by atoms with Gasteiger partial charge in [0.05, 0.1) is 18.5 Å². The fourth-order valence-electron chi connectivity index (χ4n) is 3.18. The molecule has 7 heteroatoms. The van der Waals surface area contributed by atoms with Gasteiger partial charge >= 0.3 is 0 Å². The first kappa shape index (κ1) is 19.2. The summed E-state index contributed by atoms with van der Waals surface area (Å²) in [6.45, 7) is 3.26. The van der Waals surface area contributed by atoms with Crippen LogP contribution in [0.4, 0.5) is 5.69 Å². The van der Waals surface area contributed by atoms with E-state index in [9.17, 15) is 13.2 Å². The van der Waals surface area contributed by atoms with E-state index in [2.05, 4.69) is 0 Å². The standard InChI is InChI=1S/C20H24N2O4S/c1-15-6-4-5-7-19(15)26-13-12-21(2)20(23)17-8-9-18-16(14-17)10-11-22(18)27(3,24)25/h4-9,14H,10-13H2,1-3H3. The normalized spacial score (nSPS) is 13.4. The van der Waals surface area contributed by atoms with E-state index in [4.69, 9.17) is 4.74 Å². The van der Waals surface area contributed by atoms with E-state index < -0.39 is 10.0 Å². The van der Waals surface area contributed by atoms with Gasteiger partial charge in [0.2, 0.25) is 10.0 Å². The second-order valence-electron chi connectivity index (χ2n) is 6.77. The van der Waals surface area contributed by atoms with Crippen molar-refractivity contribution in [1.82, 2.24) is 4.90 Å². The van der Waals surface area contributed by atoms with Crippen LogP contribution in [0.1, 0.15) is 21.5 Å². The van der Waals surface area contributed by atoms with Gasteiger partial charge in [-0.05, 0) is 48.7 Å². The number of nitrogens with zero attached hydrogens (tertiary/aromatic N) is 2. The van der Waals surface area contributed by atoms with E-state index in [0.717, 1.165) is 16.9 Å². The third kappa shape index (κ3) is 4.24. The van der Waals surface area contributed by atoms with Crippen LogP contribution in [-0.4, -0.2) is 52.2 Å². The lowest BCUT2D eigenvalue weighted by Gasteiger charge is -2.19. The van der Waals surface area contributed by atoms with Crippen molar-refractivity contribution in [2.45, 2.75) is 13.3 Å². The Balaban J connectivity index is 1.63. The second kappa shape index (κ2) is 7.60. The predicted octanol–water partition coefficient (Wildman–Crippen LogP) is 2.47. The molecule has 144 valence electrons. The molecule has 1 aliphatic heterocycles. The number of anilines is 1. The smallest absolute Gasteiger partial charge is 0.253 e. The summed E-state index contributed by atoms with van der Waals surface area (Å²) in [6, 6.07) is 13.0. The van der Waals surface area contributed by atoms with Crippen LogP contribution in [0.3, 0.4) is 0 Å².